The number of aliphatic carboxylic acids is 1. The molecule has 0 saturated heterocycles. The van der Waals surface area contributed by atoms with Crippen molar-refractivity contribution in [2.24, 2.45) is 62.1 Å². The SMILES string of the molecule is C=C(C)[C@@H]1CC[C@]2(C(=O)O)CC[C@]3(C)C(CCC4[C@@]5(C)CC[C@H](OC(=O)CC(C)(C)C)C(C)(C)C5CC[C@]43C)C12. The number of carbonyl (C=O) groups excluding carboxylic acids is 1. The van der Waals surface area contributed by atoms with E-state index >= 15 is 0 Å². The zero-order valence-electron chi connectivity index (χ0n) is 27.1. The maximum absolute atomic E-state index is 12.9. The van der Waals surface area contributed by atoms with Crippen LogP contribution >= 0.6 is 0 Å². The Labute approximate surface area is 244 Å². The molecule has 40 heavy (non-hydrogen) atoms. The number of ether oxygens (including phenoxy) is 1. The lowest BCUT2D eigenvalue weighted by molar-refractivity contribution is -0.250. The van der Waals surface area contributed by atoms with Crippen LogP contribution in [-0.4, -0.2) is 23.1 Å². The van der Waals surface area contributed by atoms with Gasteiger partial charge in [0.05, 0.1) is 11.8 Å². The smallest absolute Gasteiger partial charge is 0.309 e. The molecule has 5 aliphatic carbocycles. The van der Waals surface area contributed by atoms with Crippen molar-refractivity contribution in [3.05, 3.63) is 12.2 Å². The Morgan fingerprint density at radius 2 is 1.52 bits per heavy atom. The van der Waals surface area contributed by atoms with Crippen LogP contribution in [0.25, 0.3) is 0 Å². The van der Waals surface area contributed by atoms with E-state index in [0.717, 1.165) is 44.9 Å². The number of carbonyl (C=O) groups is 2. The quantitative estimate of drug-likeness (QED) is 0.278. The number of hydrogen-bond acceptors (Lipinski definition) is 3. The Kier molecular flexibility index (Phi) is 7.04. The van der Waals surface area contributed by atoms with Crippen LogP contribution in [0.3, 0.4) is 0 Å². The summed E-state index contributed by atoms with van der Waals surface area (Å²) in [4.78, 5) is 25.8. The largest absolute Gasteiger partial charge is 0.481 e. The highest BCUT2D eigenvalue weighted by molar-refractivity contribution is 5.76. The first kappa shape index (κ1) is 30.1. The standard InChI is InChI=1S/C36H58O4/c1-22(2)23-13-18-36(30(38)39)20-19-34(9)24(29(23)36)11-12-26-33(8)16-15-27(40-28(37)21-31(3,4)5)32(6,7)25(33)14-17-35(26,34)10/h23-27,29H,1,11-21H2,2-10H3,(H,38,39)/t23-,24?,25?,26?,27-,29?,33-,34+,35+,36-/m0/s1. The first-order chi connectivity index (χ1) is 18.3. The Morgan fingerprint density at radius 1 is 0.850 bits per heavy atom. The summed E-state index contributed by atoms with van der Waals surface area (Å²) >= 11 is 0. The molecular weight excluding hydrogens is 496 g/mol. The van der Waals surface area contributed by atoms with Gasteiger partial charge in [-0.05, 0) is 122 Å². The van der Waals surface area contributed by atoms with Gasteiger partial charge in [-0.25, -0.2) is 0 Å². The minimum absolute atomic E-state index is 0.0163. The van der Waals surface area contributed by atoms with Crippen molar-refractivity contribution in [2.75, 3.05) is 0 Å². The van der Waals surface area contributed by atoms with Gasteiger partial charge in [0, 0.05) is 5.41 Å². The van der Waals surface area contributed by atoms with Gasteiger partial charge < -0.3 is 9.84 Å². The van der Waals surface area contributed by atoms with Crippen LogP contribution in [0, 0.1) is 62.1 Å². The molecule has 226 valence electrons. The molecule has 0 aliphatic heterocycles. The van der Waals surface area contributed by atoms with E-state index in [1.165, 1.54) is 24.8 Å². The molecule has 0 spiro atoms. The van der Waals surface area contributed by atoms with Gasteiger partial charge in [0.1, 0.15) is 6.10 Å². The second-order valence-corrected chi connectivity index (χ2v) is 17.7. The molecule has 0 amide bonds. The predicted molar refractivity (Wildman–Crippen MR) is 161 cm³/mol. The van der Waals surface area contributed by atoms with Gasteiger partial charge in [0.25, 0.3) is 0 Å². The monoisotopic (exact) mass is 554 g/mol. The number of fused-ring (bicyclic) bond motifs is 7. The minimum Gasteiger partial charge on any atom is -0.481 e. The van der Waals surface area contributed by atoms with E-state index in [1.807, 2.05) is 0 Å². The van der Waals surface area contributed by atoms with E-state index in [0.29, 0.717) is 30.1 Å². The van der Waals surface area contributed by atoms with E-state index in [2.05, 4.69) is 68.9 Å². The van der Waals surface area contributed by atoms with E-state index in [9.17, 15) is 14.7 Å². The normalized spacial score (nSPS) is 47.7. The molecule has 4 unspecified atom stereocenters. The second-order valence-electron chi connectivity index (χ2n) is 17.7. The number of carboxylic acids is 1. The number of esters is 1. The Bertz CT molecular complexity index is 1070. The summed E-state index contributed by atoms with van der Waals surface area (Å²) in [5.41, 5.74) is 1.07. The van der Waals surface area contributed by atoms with E-state index in [1.54, 1.807) is 0 Å². The summed E-state index contributed by atoms with van der Waals surface area (Å²) < 4.78 is 6.26. The summed E-state index contributed by atoms with van der Waals surface area (Å²) in [6.45, 7) is 25.3. The summed E-state index contributed by atoms with van der Waals surface area (Å²) in [5, 5.41) is 10.6. The molecule has 0 aromatic heterocycles. The van der Waals surface area contributed by atoms with Gasteiger partial charge in [0.15, 0.2) is 0 Å². The fourth-order valence-electron chi connectivity index (χ4n) is 12.3. The highest BCUT2D eigenvalue weighted by atomic mass is 16.5. The number of rotatable bonds is 4. The first-order valence-corrected chi connectivity index (χ1v) is 16.4. The third kappa shape index (κ3) is 4.10. The van der Waals surface area contributed by atoms with Crippen molar-refractivity contribution in [3.8, 4) is 0 Å². The zero-order chi connectivity index (χ0) is 29.7. The van der Waals surface area contributed by atoms with Crippen molar-refractivity contribution in [1.82, 2.24) is 0 Å². The van der Waals surface area contributed by atoms with Crippen molar-refractivity contribution >= 4 is 11.9 Å². The summed E-state index contributed by atoms with van der Waals surface area (Å²) in [6.07, 6.45) is 10.9. The molecule has 5 saturated carbocycles. The minimum atomic E-state index is -0.560. The number of carboxylic acid groups (broad SMARTS) is 1. The van der Waals surface area contributed by atoms with Crippen LogP contribution in [0.5, 0.6) is 0 Å². The van der Waals surface area contributed by atoms with Crippen molar-refractivity contribution in [3.63, 3.8) is 0 Å². The van der Waals surface area contributed by atoms with Gasteiger partial charge in [-0.3, -0.25) is 9.59 Å². The lowest BCUT2D eigenvalue weighted by Crippen LogP contribution is -2.67. The first-order valence-electron chi connectivity index (χ1n) is 16.4. The molecule has 4 heteroatoms. The maximum Gasteiger partial charge on any atom is 0.309 e. The number of allylic oxidation sites excluding steroid dienone is 1. The molecule has 0 aromatic rings. The van der Waals surface area contributed by atoms with Crippen LogP contribution < -0.4 is 0 Å². The van der Waals surface area contributed by atoms with E-state index in [-0.39, 0.29) is 45.1 Å². The third-order valence-electron chi connectivity index (χ3n) is 14.4. The molecule has 1 N–H and O–H groups in total. The van der Waals surface area contributed by atoms with Crippen LogP contribution in [0.4, 0.5) is 0 Å². The van der Waals surface area contributed by atoms with Crippen LogP contribution in [-0.2, 0) is 14.3 Å². The molecule has 0 bridgehead atoms. The lowest BCUT2D eigenvalue weighted by Gasteiger charge is -2.72. The molecule has 0 heterocycles. The fraction of sp³-hybridized carbons (Fsp3) is 0.889. The van der Waals surface area contributed by atoms with E-state index in [4.69, 9.17) is 4.74 Å². The Balaban J connectivity index is 1.45. The number of hydrogen-bond donors (Lipinski definition) is 1. The topological polar surface area (TPSA) is 63.6 Å². The van der Waals surface area contributed by atoms with Gasteiger partial charge in [0.2, 0.25) is 0 Å². The summed E-state index contributed by atoms with van der Waals surface area (Å²) in [5.74, 6) is 1.56. The highest BCUT2D eigenvalue weighted by Crippen LogP contribution is 2.77. The van der Waals surface area contributed by atoms with E-state index < -0.39 is 11.4 Å². The molecule has 5 aliphatic rings. The molecule has 0 aromatic carbocycles. The third-order valence-corrected chi connectivity index (χ3v) is 14.4. The zero-order valence-corrected chi connectivity index (χ0v) is 27.1. The second kappa shape index (κ2) is 9.34. The van der Waals surface area contributed by atoms with Gasteiger partial charge in [-0.2, -0.15) is 0 Å². The van der Waals surface area contributed by atoms with Gasteiger partial charge in [-0.15, -0.1) is 0 Å². The molecule has 5 rings (SSSR count). The van der Waals surface area contributed by atoms with Crippen LogP contribution in [0.2, 0.25) is 0 Å². The van der Waals surface area contributed by atoms with Crippen molar-refractivity contribution < 1.29 is 19.4 Å². The molecule has 10 atom stereocenters. The molecule has 0 radical (unpaired) electrons. The van der Waals surface area contributed by atoms with Crippen molar-refractivity contribution in [1.29, 1.82) is 0 Å². The molecular formula is C36H58O4. The van der Waals surface area contributed by atoms with Gasteiger partial charge >= 0.3 is 11.9 Å². The average molecular weight is 555 g/mol. The Morgan fingerprint density at radius 3 is 2.12 bits per heavy atom. The Hall–Kier alpha value is -1.32. The average Bonchev–Trinajstić information content (AvgIpc) is 3.22. The summed E-state index contributed by atoms with van der Waals surface area (Å²) in [7, 11) is 0. The fourth-order valence-corrected chi connectivity index (χ4v) is 12.3. The van der Waals surface area contributed by atoms with Gasteiger partial charge in [-0.1, -0.05) is 67.5 Å². The summed E-state index contributed by atoms with van der Waals surface area (Å²) in [6, 6.07) is 0. The molecule has 5 fully saturated rings. The lowest BCUT2D eigenvalue weighted by atomic mass is 9.32. The van der Waals surface area contributed by atoms with Crippen molar-refractivity contribution in [2.45, 2.75) is 139 Å². The predicted octanol–water partition coefficient (Wildman–Crippen LogP) is 9.08. The maximum atomic E-state index is 12.9. The molecule has 4 nitrogen and oxygen atoms in total. The van der Waals surface area contributed by atoms with Crippen LogP contribution in [0.15, 0.2) is 12.2 Å². The highest BCUT2D eigenvalue weighted by Gasteiger charge is 2.72. The van der Waals surface area contributed by atoms with Crippen LogP contribution in [0.1, 0.15) is 133 Å².